The van der Waals surface area contributed by atoms with Gasteiger partial charge in [-0.15, -0.1) is 11.8 Å². The molecule has 3 N–H and O–H groups in total. The maximum Gasteiger partial charge on any atom is 0.256 e. The van der Waals surface area contributed by atoms with E-state index in [4.69, 9.17) is 10.5 Å². The Labute approximate surface area is 162 Å². The van der Waals surface area contributed by atoms with Crippen LogP contribution in [0.1, 0.15) is 29.6 Å². The van der Waals surface area contributed by atoms with E-state index in [-0.39, 0.29) is 11.8 Å². The van der Waals surface area contributed by atoms with Crippen molar-refractivity contribution in [1.29, 1.82) is 0 Å². The maximum atomic E-state index is 12.6. The van der Waals surface area contributed by atoms with E-state index in [1.807, 2.05) is 30.3 Å². The number of thioether (sulfide) groups is 1. The quantitative estimate of drug-likeness (QED) is 0.826. The van der Waals surface area contributed by atoms with Crippen molar-refractivity contribution in [2.75, 3.05) is 0 Å². The monoisotopic (exact) mass is 380 g/mol. The highest BCUT2D eigenvalue weighted by molar-refractivity contribution is 8.04. The van der Waals surface area contributed by atoms with E-state index in [2.05, 4.69) is 5.32 Å². The number of amides is 2. The lowest BCUT2D eigenvalue weighted by molar-refractivity contribution is -0.115. The van der Waals surface area contributed by atoms with Crippen LogP contribution in [-0.2, 0) is 4.79 Å². The van der Waals surface area contributed by atoms with Crippen molar-refractivity contribution in [3.05, 3.63) is 70.8 Å². The van der Waals surface area contributed by atoms with E-state index in [1.165, 1.54) is 0 Å². The van der Waals surface area contributed by atoms with E-state index in [0.29, 0.717) is 27.2 Å². The molecule has 0 aromatic heterocycles. The Hall–Kier alpha value is -2.73. The number of nitrogens with two attached hydrogens (primary N) is 1. The van der Waals surface area contributed by atoms with E-state index in [9.17, 15) is 9.59 Å². The Morgan fingerprint density at radius 2 is 1.70 bits per heavy atom. The van der Waals surface area contributed by atoms with Crippen LogP contribution < -0.4 is 15.8 Å². The van der Waals surface area contributed by atoms with Crippen LogP contribution in [-0.4, -0.2) is 17.1 Å². The third-order valence-corrected chi connectivity index (χ3v) is 6.35. The Balaban J connectivity index is 1.47. The van der Waals surface area contributed by atoms with Crippen molar-refractivity contribution < 1.29 is 14.3 Å². The van der Waals surface area contributed by atoms with Crippen molar-refractivity contribution in [2.45, 2.75) is 24.5 Å². The van der Waals surface area contributed by atoms with Crippen molar-refractivity contribution in [2.24, 2.45) is 11.7 Å². The average Bonchev–Trinajstić information content (AvgIpc) is 3.23. The average molecular weight is 380 g/mol. The van der Waals surface area contributed by atoms with Gasteiger partial charge in [-0.3, -0.25) is 9.59 Å². The second-order valence-electron chi connectivity index (χ2n) is 6.69. The third-order valence-electron chi connectivity index (χ3n) is 4.93. The number of carbonyl (C=O) groups is 2. The fraction of sp³-hybridized carbons (Fsp3) is 0.238. The van der Waals surface area contributed by atoms with Gasteiger partial charge < -0.3 is 15.8 Å². The molecule has 2 atom stereocenters. The van der Waals surface area contributed by atoms with E-state index in [1.54, 1.807) is 36.0 Å². The molecule has 2 aliphatic rings. The van der Waals surface area contributed by atoms with Crippen molar-refractivity contribution >= 4 is 23.6 Å². The highest BCUT2D eigenvalue weighted by Crippen LogP contribution is 2.49. The molecule has 1 aliphatic heterocycles. The zero-order valence-corrected chi connectivity index (χ0v) is 15.5. The highest BCUT2D eigenvalue weighted by Gasteiger charge is 2.41. The molecule has 0 saturated heterocycles. The Morgan fingerprint density at radius 3 is 2.41 bits per heavy atom. The molecule has 2 aromatic rings. The first-order valence-corrected chi connectivity index (χ1v) is 9.85. The first kappa shape index (κ1) is 17.7. The summed E-state index contributed by atoms with van der Waals surface area (Å²) in [7, 11) is 0. The van der Waals surface area contributed by atoms with Crippen LogP contribution in [0, 0.1) is 5.92 Å². The van der Waals surface area contributed by atoms with Gasteiger partial charge in [0.15, 0.2) is 0 Å². The molecule has 1 heterocycles. The molecule has 0 spiro atoms. The van der Waals surface area contributed by atoms with E-state index >= 15 is 0 Å². The summed E-state index contributed by atoms with van der Waals surface area (Å²) in [5.74, 6) is 0.880. The van der Waals surface area contributed by atoms with Gasteiger partial charge in [0.25, 0.3) is 5.91 Å². The number of primary amides is 1. The summed E-state index contributed by atoms with van der Waals surface area (Å²) in [6, 6.07) is 16.4. The summed E-state index contributed by atoms with van der Waals surface area (Å²) in [5, 5.41) is 3.86. The molecule has 2 aromatic carbocycles. The molecule has 1 fully saturated rings. The van der Waals surface area contributed by atoms with Crippen LogP contribution in [0.15, 0.2) is 65.2 Å². The number of fused-ring (bicyclic) bond motifs is 1. The van der Waals surface area contributed by atoms with Gasteiger partial charge in [-0.1, -0.05) is 24.6 Å². The molecule has 5 nitrogen and oxygen atoms in total. The highest BCUT2D eigenvalue weighted by atomic mass is 32.2. The second kappa shape index (κ2) is 7.48. The topological polar surface area (TPSA) is 81.4 Å². The predicted octanol–water partition coefficient (Wildman–Crippen LogP) is 3.82. The summed E-state index contributed by atoms with van der Waals surface area (Å²) in [6.45, 7) is 0. The lowest BCUT2D eigenvalue weighted by Gasteiger charge is -2.10. The lowest BCUT2D eigenvalue weighted by Crippen LogP contribution is -2.26. The first-order chi connectivity index (χ1) is 13.1. The smallest absolute Gasteiger partial charge is 0.256 e. The van der Waals surface area contributed by atoms with E-state index in [0.717, 1.165) is 25.0 Å². The molecule has 6 heteroatoms. The molecular formula is C21H20N2O3S. The number of carbonyl (C=O) groups excluding carboxylic acids is 2. The summed E-state index contributed by atoms with van der Waals surface area (Å²) in [4.78, 5) is 24.5. The van der Waals surface area contributed by atoms with Crippen LogP contribution >= 0.6 is 11.8 Å². The minimum Gasteiger partial charge on any atom is -0.457 e. The van der Waals surface area contributed by atoms with Gasteiger partial charge in [0.2, 0.25) is 5.91 Å². The van der Waals surface area contributed by atoms with Gasteiger partial charge in [0.1, 0.15) is 11.5 Å². The standard InChI is InChI=1S/C21H20N2O3S/c22-19(24)18-16-7-4-8-17(16)27-21(18)23-20(25)13-9-11-15(12-10-13)26-14-5-2-1-3-6-14/h1-3,5-6,9-12,16-17H,4,7-8H2,(H2,22,24)(H,23,25). The van der Waals surface area contributed by atoms with Crippen molar-refractivity contribution in [3.8, 4) is 11.5 Å². The number of para-hydroxylation sites is 1. The number of ether oxygens (including phenoxy) is 1. The summed E-state index contributed by atoms with van der Waals surface area (Å²) in [6.07, 6.45) is 3.11. The minimum atomic E-state index is -0.432. The van der Waals surface area contributed by atoms with Gasteiger partial charge in [0.05, 0.1) is 10.6 Å². The number of hydrogen-bond acceptors (Lipinski definition) is 4. The molecular weight excluding hydrogens is 360 g/mol. The molecule has 27 heavy (non-hydrogen) atoms. The zero-order chi connectivity index (χ0) is 18.8. The Kier molecular flexibility index (Phi) is 4.90. The molecule has 2 unspecified atom stereocenters. The third kappa shape index (κ3) is 3.71. The molecule has 4 rings (SSSR count). The van der Waals surface area contributed by atoms with Crippen LogP contribution in [0.3, 0.4) is 0 Å². The summed E-state index contributed by atoms with van der Waals surface area (Å²) >= 11 is 1.57. The fourth-order valence-corrected chi connectivity index (χ4v) is 5.20. The lowest BCUT2D eigenvalue weighted by atomic mass is 9.98. The minimum absolute atomic E-state index is 0.171. The van der Waals surface area contributed by atoms with Crippen molar-refractivity contribution in [3.63, 3.8) is 0 Å². The van der Waals surface area contributed by atoms with Crippen LogP contribution in [0.5, 0.6) is 11.5 Å². The molecule has 0 bridgehead atoms. The van der Waals surface area contributed by atoms with E-state index < -0.39 is 5.91 Å². The van der Waals surface area contributed by atoms with Crippen LogP contribution in [0.2, 0.25) is 0 Å². The van der Waals surface area contributed by atoms with Gasteiger partial charge in [-0.25, -0.2) is 0 Å². The zero-order valence-electron chi connectivity index (χ0n) is 14.7. The largest absolute Gasteiger partial charge is 0.457 e. The van der Waals surface area contributed by atoms with Gasteiger partial charge in [0, 0.05) is 16.7 Å². The maximum absolute atomic E-state index is 12.6. The first-order valence-electron chi connectivity index (χ1n) is 8.97. The second-order valence-corrected chi connectivity index (χ2v) is 7.94. The fourth-order valence-electron chi connectivity index (χ4n) is 3.65. The van der Waals surface area contributed by atoms with Gasteiger partial charge in [-0.2, -0.15) is 0 Å². The predicted molar refractivity (Wildman–Crippen MR) is 105 cm³/mol. The number of hydrogen-bond donors (Lipinski definition) is 2. The summed E-state index contributed by atoms with van der Waals surface area (Å²) < 4.78 is 5.74. The molecule has 1 aliphatic carbocycles. The Bertz CT molecular complexity index is 893. The van der Waals surface area contributed by atoms with Gasteiger partial charge >= 0.3 is 0 Å². The Morgan fingerprint density at radius 1 is 1.00 bits per heavy atom. The van der Waals surface area contributed by atoms with Crippen LogP contribution in [0.25, 0.3) is 0 Å². The number of rotatable bonds is 5. The SMILES string of the molecule is NC(=O)C1=C(NC(=O)c2ccc(Oc3ccccc3)cc2)SC2CCCC12. The van der Waals surface area contributed by atoms with Gasteiger partial charge in [-0.05, 0) is 49.2 Å². The molecule has 0 radical (unpaired) electrons. The van der Waals surface area contributed by atoms with Crippen LogP contribution in [0.4, 0.5) is 0 Å². The normalized spacial score (nSPS) is 21.0. The molecule has 138 valence electrons. The number of nitrogens with one attached hydrogen (secondary N) is 1. The van der Waals surface area contributed by atoms with Crippen molar-refractivity contribution in [1.82, 2.24) is 5.32 Å². The summed E-state index contributed by atoms with van der Waals surface area (Å²) in [5.41, 5.74) is 6.66. The number of benzene rings is 2. The molecule has 2 amide bonds. The molecule has 1 saturated carbocycles.